The van der Waals surface area contributed by atoms with Crippen molar-refractivity contribution in [3.05, 3.63) is 0 Å². The van der Waals surface area contributed by atoms with Crippen LogP contribution in [0.3, 0.4) is 0 Å². The van der Waals surface area contributed by atoms with Gasteiger partial charge >= 0.3 is 0 Å². The second kappa shape index (κ2) is 5.83. The van der Waals surface area contributed by atoms with Gasteiger partial charge in [0.15, 0.2) is 0 Å². The molecule has 2 unspecified atom stereocenters. The molecule has 2 atom stereocenters. The molecule has 18 heavy (non-hydrogen) atoms. The number of carbonyl (C=O) groups is 1. The van der Waals surface area contributed by atoms with Crippen LogP contribution >= 0.6 is 11.8 Å². The quantitative estimate of drug-likeness (QED) is 0.792. The minimum Gasteiger partial charge on any atom is -0.340 e. The summed E-state index contributed by atoms with van der Waals surface area (Å²) in [5.41, 5.74) is 0. The Hall–Kier alpha value is -0.220. The van der Waals surface area contributed by atoms with Crippen molar-refractivity contribution in [2.75, 3.05) is 25.4 Å². The molecule has 2 aliphatic heterocycles. The van der Waals surface area contributed by atoms with Crippen LogP contribution in [0, 0.1) is 5.92 Å². The first-order valence-electron chi connectivity index (χ1n) is 7.14. The zero-order valence-corrected chi connectivity index (χ0v) is 12.7. The number of hydrogen-bond donors (Lipinski definition) is 1. The van der Waals surface area contributed by atoms with E-state index < -0.39 is 0 Å². The Morgan fingerprint density at radius 3 is 2.89 bits per heavy atom. The fourth-order valence-corrected chi connectivity index (χ4v) is 3.86. The molecule has 0 bridgehead atoms. The summed E-state index contributed by atoms with van der Waals surface area (Å²) in [7, 11) is 0. The third-order valence-corrected chi connectivity index (χ3v) is 5.49. The average molecular weight is 270 g/mol. The SMILES string of the molecule is CC1CCNC(C(=O)N2CCSC(C)(C)CC2)C1. The van der Waals surface area contributed by atoms with E-state index in [9.17, 15) is 4.79 Å². The molecule has 0 aliphatic carbocycles. The van der Waals surface area contributed by atoms with Gasteiger partial charge in [-0.2, -0.15) is 11.8 Å². The number of piperidine rings is 1. The lowest BCUT2D eigenvalue weighted by Gasteiger charge is -2.32. The van der Waals surface area contributed by atoms with Crippen LogP contribution in [0.4, 0.5) is 0 Å². The third-order valence-electron chi connectivity index (χ3n) is 4.11. The van der Waals surface area contributed by atoms with Crippen LogP contribution in [0.2, 0.25) is 0 Å². The fraction of sp³-hybridized carbons (Fsp3) is 0.929. The molecule has 0 saturated carbocycles. The van der Waals surface area contributed by atoms with Gasteiger partial charge in [-0.1, -0.05) is 20.8 Å². The van der Waals surface area contributed by atoms with E-state index in [-0.39, 0.29) is 6.04 Å². The summed E-state index contributed by atoms with van der Waals surface area (Å²) < 4.78 is 0.322. The van der Waals surface area contributed by atoms with Gasteiger partial charge in [0.1, 0.15) is 0 Å². The first-order chi connectivity index (χ1) is 8.48. The predicted octanol–water partition coefficient (Wildman–Crippen LogP) is 2.12. The molecule has 104 valence electrons. The molecule has 3 nitrogen and oxygen atoms in total. The Bertz CT molecular complexity index is 306. The van der Waals surface area contributed by atoms with Gasteiger partial charge in [-0.15, -0.1) is 0 Å². The van der Waals surface area contributed by atoms with Gasteiger partial charge in [0.2, 0.25) is 5.91 Å². The topological polar surface area (TPSA) is 32.3 Å². The predicted molar refractivity (Wildman–Crippen MR) is 77.9 cm³/mol. The van der Waals surface area contributed by atoms with Crippen molar-refractivity contribution in [3.8, 4) is 0 Å². The second-order valence-corrected chi connectivity index (χ2v) is 8.12. The van der Waals surface area contributed by atoms with Crippen LogP contribution < -0.4 is 5.32 Å². The van der Waals surface area contributed by atoms with Crippen molar-refractivity contribution in [1.29, 1.82) is 0 Å². The van der Waals surface area contributed by atoms with E-state index in [1.165, 1.54) is 6.42 Å². The van der Waals surface area contributed by atoms with E-state index in [0.717, 1.165) is 38.2 Å². The van der Waals surface area contributed by atoms with Crippen molar-refractivity contribution in [2.24, 2.45) is 5.92 Å². The van der Waals surface area contributed by atoms with Gasteiger partial charge in [0.05, 0.1) is 6.04 Å². The van der Waals surface area contributed by atoms with Crippen molar-refractivity contribution < 1.29 is 4.79 Å². The Morgan fingerprint density at radius 2 is 2.17 bits per heavy atom. The highest BCUT2D eigenvalue weighted by Crippen LogP contribution is 2.31. The summed E-state index contributed by atoms with van der Waals surface area (Å²) in [6, 6.07) is 0.0694. The van der Waals surface area contributed by atoms with E-state index in [0.29, 0.717) is 16.6 Å². The summed E-state index contributed by atoms with van der Waals surface area (Å²) in [6.07, 6.45) is 3.31. The van der Waals surface area contributed by atoms with Gasteiger partial charge in [-0.3, -0.25) is 4.79 Å². The van der Waals surface area contributed by atoms with Crippen molar-refractivity contribution in [1.82, 2.24) is 10.2 Å². The zero-order valence-electron chi connectivity index (χ0n) is 11.9. The molecule has 2 aliphatic rings. The van der Waals surface area contributed by atoms with Gasteiger partial charge < -0.3 is 10.2 Å². The van der Waals surface area contributed by atoms with E-state index in [4.69, 9.17) is 0 Å². The second-order valence-electron chi connectivity index (χ2n) is 6.32. The lowest BCUT2D eigenvalue weighted by atomic mass is 9.93. The Kier molecular flexibility index (Phi) is 4.59. The maximum atomic E-state index is 12.5. The van der Waals surface area contributed by atoms with Crippen LogP contribution in [0.5, 0.6) is 0 Å². The smallest absolute Gasteiger partial charge is 0.239 e. The summed E-state index contributed by atoms with van der Waals surface area (Å²) in [5.74, 6) is 2.08. The Balaban J connectivity index is 1.92. The molecule has 0 aromatic carbocycles. The number of rotatable bonds is 1. The molecule has 0 spiro atoms. The first kappa shape index (κ1) is 14.2. The molecule has 1 amide bonds. The minimum absolute atomic E-state index is 0.0694. The first-order valence-corrected chi connectivity index (χ1v) is 8.13. The van der Waals surface area contributed by atoms with E-state index in [2.05, 4.69) is 31.0 Å². The van der Waals surface area contributed by atoms with Crippen LogP contribution in [0.25, 0.3) is 0 Å². The summed E-state index contributed by atoms with van der Waals surface area (Å²) >= 11 is 2.00. The van der Waals surface area contributed by atoms with Crippen molar-refractivity contribution >= 4 is 17.7 Å². The average Bonchev–Trinajstić information content (AvgIpc) is 2.49. The van der Waals surface area contributed by atoms with Crippen molar-refractivity contribution in [3.63, 3.8) is 0 Å². The molecule has 2 heterocycles. The van der Waals surface area contributed by atoms with Gasteiger partial charge in [0.25, 0.3) is 0 Å². The number of nitrogens with zero attached hydrogens (tertiary/aromatic N) is 1. The van der Waals surface area contributed by atoms with E-state index >= 15 is 0 Å². The van der Waals surface area contributed by atoms with Gasteiger partial charge in [-0.05, 0) is 31.7 Å². The highest BCUT2D eigenvalue weighted by atomic mass is 32.2. The molecule has 0 radical (unpaired) electrons. The molecule has 2 rings (SSSR count). The van der Waals surface area contributed by atoms with Crippen LogP contribution in [0.15, 0.2) is 0 Å². The Morgan fingerprint density at radius 1 is 1.39 bits per heavy atom. The number of nitrogens with one attached hydrogen (secondary N) is 1. The maximum absolute atomic E-state index is 12.5. The lowest BCUT2D eigenvalue weighted by molar-refractivity contribution is -0.134. The summed E-state index contributed by atoms with van der Waals surface area (Å²) in [6.45, 7) is 9.65. The number of amides is 1. The molecule has 4 heteroatoms. The van der Waals surface area contributed by atoms with Crippen LogP contribution in [0.1, 0.15) is 40.0 Å². The standard InChI is InChI=1S/C14H26N2OS/c1-11-4-6-15-12(10-11)13(17)16-7-5-14(2,3)18-9-8-16/h11-12,15H,4-10H2,1-3H3. The van der Waals surface area contributed by atoms with Crippen LogP contribution in [-0.2, 0) is 4.79 Å². The lowest BCUT2D eigenvalue weighted by Crippen LogP contribution is -2.50. The molecular formula is C14H26N2OS. The number of hydrogen-bond acceptors (Lipinski definition) is 3. The molecule has 2 fully saturated rings. The van der Waals surface area contributed by atoms with Crippen molar-refractivity contribution in [2.45, 2.75) is 50.8 Å². The fourth-order valence-electron chi connectivity index (χ4n) is 2.76. The minimum atomic E-state index is 0.0694. The molecule has 0 aromatic rings. The monoisotopic (exact) mass is 270 g/mol. The number of carbonyl (C=O) groups excluding carboxylic acids is 1. The largest absolute Gasteiger partial charge is 0.340 e. The van der Waals surface area contributed by atoms with Gasteiger partial charge in [-0.25, -0.2) is 0 Å². The van der Waals surface area contributed by atoms with Crippen LogP contribution in [-0.4, -0.2) is 47.0 Å². The number of thioether (sulfide) groups is 1. The summed E-state index contributed by atoms with van der Waals surface area (Å²) in [4.78, 5) is 14.6. The Labute approximate surface area is 115 Å². The molecule has 0 aromatic heterocycles. The zero-order chi connectivity index (χ0) is 13.2. The normalized spacial score (nSPS) is 32.9. The van der Waals surface area contributed by atoms with E-state index in [1.807, 2.05) is 11.8 Å². The maximum Gasteiger partial charge on any atom is 0.239 e. The highest BCUT2D eigenvalue weighted by molar-refractivity contribution is 8.00. The molecule has 1 N–H and O–H groups in total. The molecule has 2 saturated heterocycles. The summed E-state index contributed by atoms with van der Waals surface area (Å²) in [5, 5.41) is 3.39. The van der Waals surface area contributed by atoms with E-state index in [1.54, 1.807) is 0 Å². The molecular weight excluding hydrogens is 244 g/mol. The third kappa shape index (κ3) is 3.64. The van der Waals surface area contributed by atoms with Gasteiger partial charge in [0, 0.05) is 23.6 Å². The highest BCUT2D eigenvalue weighted by Gasteiger charge is 2.31.